The Labute approximate surface area is 89.9 Å². The van der Waals surface area contributed by atoms with E-state index in [-0.39, 0.29) is 0 Å². The van der Waals surface area contributed by atoms with Gasteiger partial charge in [-0.05, 0) is 44.7 Å². The second kappa shape index (κ2) is 6.44. The molecule has 2 atom stereocenters. The minimum absolute atomic E-state index is 0.866. The molecular formula is C13H27N. The van der Waals surface area contributed by atoms with E-state index in [2.05, 4.69) is 25.7 Å². The Morgan fingerprint density at radius 1 is 1.00 bits per heavy atom. The molecule has 1 heterocycles. The van der Waals surface area contributed by atoms with E-state index >= 15 is 0 Å². The molecule has 0 spiro atoms. The molecule has 0 amide bonds. The molecular weight excluding hydrogens is 170 g/mol. The van der Waals surface area contributed by atoms with Crippen molar-refractivity contribution >= 4 is 0 Å². The normalized spacial score (nSPS) is 23.4. The molecule has 1 aliphatic heterocycles. The van der Waals surface area contributed by atoms with Crippen molar-refractivity contribution in [2.75, 3.05) is 13.1 Å². The lowest BCUT2D eigenvalue weighted by atomic mass is 9.95. The molecule has 1 aliphatic rings. The van der Waals surface area contributed by atoms with Crippen molar-refractivity contribution in [2.24, 2.45) is 5.92 Å². The summed E-state index contributed by atoms with van der Waals surface area (Å²) in [6, 6.07) is 0.866. The predicted molar refractivity (Wildman–Crippen MR) is 63.6 cm³/mol. The van der Waals surface area contributed by atoms with Gasteiger partial charge in [-0.1, -0.05) is 33.6 Å². The van der Waals surface area contributed by atoms with E-state index in [9.17, 15) is 0 Å². The molecule has 1 fully saturated rings. The Kier molecular flexibility index (Phi) is 5.54. The third-order valence-corrected chi connectivity index (χ3v) is 3.75. The fraction of sp³-hybridized carbons (Fsp3) is 1.00. The molecule has 1 saturated heterocycles. The summed E-state index contributed by atoms with van der Waals surface area (Å²) in [4.78, 5) is 2.73. The molecule has 14 heavy (non-hydrogen) atoms. The van der Waals surface area contributed by atoms with Crippen LogP contribution >= 0.6 is 0 Å². The van der Waals surface area contributed by atoms with E-state index in [1.807, 2.05) is 0 Å². The zero-order valence-corrected chi connectivity index (χ0v) is 10.3. The van der Waals surface area contributed by atoms with E-state index in [1.165, 1.54) is 51.6 Å². The van der Waals surface area contributed by atoms with E-state index in [0.29, 0.717) is 0 Å². The first-order valence-electron chi connectivity index (χ1n) is 6.52. The summed E-state index contributed by atoms with van der Waals surface area (Å²) in [6.07, 6.45) is 8.39. The number of nitrogens with zero attached hydrogens (tertiary/aromatic N) is 1. The van der Waals surface area contributed by atoms with Crippen molar-refractivity contribution in [1.29, 1.82) is 0 Å². The van der Waals surface area contributed by atoms with Gasteiger partial charge in [0.2, 0.25) is 0 Å². The van der Waals surface area contributed by atoms with Crippen molar-refractivity contribution in [2.45, 2.75) is 65.3 Å². The van der Waals surface area contributed by atoms with Crippen molar-refractivity contribution in [3.63, 3.8) is 0 Å². The molecule has 2 unspecified atom stereocenters. The SMILES string of the molecule is CCC(C)CC(CC)N1CCCCC1. The maximum atomic E-state index is 2.73. The lowest BCUT2D eigenvalue weighted by Crippen LogP contribution is -2.39. The largest absolute Gasteiger partial charge is 0.300 e. The number of hydrogen-bond acceptors (Lipinski definition) is 1. The molecule has 0 bridgehead atoms. The molecule has 0 radical (unpaired) electrons. The van der Waals surface area contributed by atoms with Crippen LogP contribution in [0.1, 0.15) is 59.3 Å². The van der Waals surface area contributed by atoms with Gasteiger partial charge in [0.05, 0.1) is 0 Å². The van der Waals surface area contributed by atoms with Crippen LogP contribution in [0.2, 0.25) is 0 Å². The van der Waals surface area contributed by atoms with Crippen molar-refractivity contribution in [3.05, 3.63) is 0 Å². The van der Waals surface area contributed by atoms with Crippen LogP contribution in [0.5, 0.6) is 0 Å². The minimum Gasteiger partial charge on any atom is -0.300 e. The van der Waals surface area contributed by atoms with Gasteiger partial charge in [0, 0.05) is 6.04 Å². The van der Waals surface area contributed by atoms with Crippen molar-refractivity contribution in [1.82, 2.24) is 4.90 Å². The first kappa shape index (κ1) is 12.0. The highest BCUT2D eigenvalue weighted by atomic mass is 15.2. The lowest BCUT2D eigenvalue weighted by molar-refractivity contribution is 0.138. The van der Waals surface area contributed by atoms with Gasteiger partial charge in [-0.3, -0.25) is 0 Å². The highest BCUT2D eigenvalue weighted by molar-refractivity contribution is 4.75. The molecule has 1 rings (SSSR count). The van der Waals surface area contributed by atoms with Gasteiger partial charge in [0.1, 0.15) is 0 Å². The monoisotopic (exact) mass is 197 g/mol. The number of rotatable bonds is 5. The van der Waals surface area contributed by atoms with Gasteiger partial charge < -0.3 is 4.90 Å². The van der Waals surface area contributed by atoms with E-state index in [1.54, 1.807) is 0 Å². The summed E-state index contributed by atoms with van der Waals surface area (Å²) in [5.41, 5.74) is 0. The van der Waals surface area contributed by atoms with Gasteiger partial charge in [-0.2, -0.15) is 0 Å². The molecule has 0 aromatic carbocycles. The zero-order valence-electron chi connectivity index (χ0n) is 10.3. The van der Waals surface area contributed by atoms with Crippen molar-refractivity contribution < 1.29 is 0 Å². The number of likely N-dealkylation sites (tertiary alicyclic amines) is 1. The first-order chi connectivity index (χ1) is 6.77. The molecule has 1 nitrogen and oxygen atoms in total. The van der Waals surface area contributed by atoms with E-state index in [4.69, 9.17) is 0 Å². The van der Waals surface area contributed by atoms with Crippen LogP contribution in [-0.4, -0.2) is 24.0 Å². The fourth-order valence-electron chi connectivity index (χ4n) is 2.49. The van der Waals surface area contributed by atoms with Crippen LogP contribution in [0.15, 0.2) is 0 Å². The molecule has 0 saturated carbocycles. The van der Waals surface area contributed by atoms with Gasteiger partial charge in [-0.15, -0.1) is 0 Å². The van der Waals surface area contributed by atoms with Gasteiger partial charge in [0.25, 0.3) is 0 Å². The van der Waals surface area contributed by atoms with Gasteiger partial charge >= 0.3 is 0 Å². The molecule has 0 aliphatic carbocycles. The lowest BCUT2D eigenvalue weighted by Gasteiger charge is -2.35. The highest BCUT2D eigenvalue weighted by Crippen LogP contribution is 2.21. The van der Waals surface area contributed by atoms with Gasteiger partial charge in [-0.25, -0.2) is 0 Å². The Balaban J connectivity index is 2.35. The predicted octanol–water partition coefficient (Wildman–Crippen LogP) is 3.69. The van der Waals surface area contributed by atoms with Crippen LogP contribution in [0.25, 0.3) is 0 Å². The standard InChI is InChI=1S/C13H27N/c1-4-12(3)11-13(5-2)14-9-7-6-8-10-14/h12-13H,4-11H2,1-3H3. The molecule has 0 N–H and O–H groups in total. The average Bonchev–Trinajstić information content (AvgIpc) is 2.26. The highest BCUT2D eigenvalue weighted by Gasteiger charge is 2.20. The second-order valence-corrected chi connectivity index (χ2v) is 4.91. The number of hydrogen-bond donors (Lipinski definition) is 0. The Morgan fingerprint density at radius 3 is 2.14 bits per heavy atom. The topological polar surface area (TPSA) is 3.24 Å². The third kappa shape index (κ3) is 3.61. The van der Waals surface area contributed by atoms with Crippen LogP contribution in [0.3, 0.4) is 0 Å². The molecule has 0 aromatic heterocycles. The van der Waals surface area contributed by atoms with Gasteiger partial charge in [0.15, 0.2) is 0 Å². The molecule has 0 aromatic rings. The molecule has 84 valence electrons. The van der Waals surface area contributed by atoms with E-state index < -0.39 is 0 Å². The quantitative estimate of drug-likeness (QED) is 0.650. The van der Waals surface area contributed by atoms with Crippen LogP contribution in [0.4, 0.5) is 0 Å². The summed E-state index contributed by atoms with van der Waals surface area (Å²) in [5.74, 6) is 0.905. The van der Waals surface area contributed by atoms with Crippen LogP contribution in [-0.2, 0) is 0 Å². The smallest absolute Gasteiger partial charge is 0.00951 e. The Morgan fingerprint density at radius 2 is 1.64 bits per heavy atom. The van der Waals surface area contributed by atoms with E-state index in [0.717, 1.165) is 12.0 Å². The summed E-state index contributed by atoms with van der Waals surface area (Å²) in [5, 5.41) is 0. The van der Waals surface area contributed by atoms with Crippen LogP contribution < -0.4 is 0 Å². The summed E-state index contributed by atoms with van der Waals surface area (Å²) < 4.78 is 0. The summed E-state index contributed by atoms with van der Waals surface area (Å²) >= 11 is 0. The zero-order chi connectivity index (χ0) is 10.4. The second-order valence-electron chi connectivity index (χ2n) is 4.91. The minimum atomic E-state index is 0.866. The fourth-order valence-corrected chi connectivity index (χ4v) is 2.49. The van der Waals surface area contributed by atoms with Crippen LogP contribution in [0, 0.1) is 5.92 Å². The Bertz CT molecular complexity index is 138. The maximum Gasteiger partial charge on any atom is 0.00951 e. The van der Waals surface area contributed by atoms with Crippen molar-refractivity contribution in [3.8, 4) is 0 Å². The first-order valence-corrected chi connectivity index (χ1v) is 6.52. The molecule has 1 heteroatoms. The average molecular weight is 197 g/mol. The summed E-state index contributed by atoms with van der Waals surface area (Å²) in [6.45, 7) is 9.77. The third-order valence-electron chi connectivity index (χ3n) is 3.75. The summed E-state index contributed by atoms with van der Waals surface area (Å²) in [7, 11) is 0. The Hall–Kier alpha value is -0.0400. The maximum absolute atomic E-state index is 2.73. The number of piperidine rings is 1.